The minimum absolute atomic E-state index is 0.00471. The number of benzene rings is 3. The predicted octanol–water partition coefficient (Wildman–Crippen LogP) is 6.75. The van der Waals surface area contributed by atoms with Gasteiger partial charge < -0.3 is 10.1 Å². The van der Waals surface area contributed by atoms with Crippen molar-refractivity contribution in [1.29, 1.82) is 0 Å². The summed E-state index contributed by atoms with van der Waals surface area (Å²) >= 11 is 7.23. The molecule has 1 amide bonds. The Labute approximate surface area is 212 Å². The highest BCUT2D eigenvalue weighted by Gasteiger charge is 2.20. The van der Waals surface area contributed by atoms with Gasteiger partial charge in [-0.05, 0) is 48.9 Å². The highest BCUT2D eigenvalue weighted by Crippen LogP contribution is 2.39. The van der Waals surface area contributed by atoms with Crippen LogP contribution < -0.4 is 10.1 Å². The Morgan fingerprint density at radius 2 is 1.80 bits per heavy atom. The molecule has 4 aromatic rings. The number of sulfone groups is 1. The number of amides is 1. The number of halogens is 2. The lowest BCUT2D eigenvalue weighted by Crippen LogP contribution is -2.11. The highest BCUT2D eigenvalue weighted by molar-refractivity contribution is 7.90. The van der Waals surface area contributed by atoms with Gasteiger partial charge in [0, 0.05) is 27.4 Å². The third kappa shape index (κ3) is 5.90. The fourth-order valence-corrected chi connectivity index (χ4v) is 5.41. The molecule has 5 nitrogen and oxygen atoms in total. The summed E-state index contributed by atoms with van der Waals surface area (Å²) in [4.78, 5) is 14.0. The van der Waals surface area contributed by atoms with E-state index in [-0.39, 0.29) is 27.8 Å². The summed E-state index contributed by atoms with van der Waals surface area (Å²) in [5, 5.41) is 2.86. The molecule has 4 rings (SSSR count). The van der Waals surface area contributed by atoms with Crippen LogP contribution in [0.25, 0.3) is 11.1 Å². The van der Waals surface area contributed by atoms with E-state index in [1.165, 1.54) is 35.6 Å². The van der Waals surface area contributed by atoms with Crippen molar-refractivity contribution in [1.82, 2.24) is 0 Å². The van der Waals surface area contributed by atoms with E-state index in [4.69, 9.17) is 16.3 Å². The first-order valence-corrected chi connectivity index (χ1v) is 13.6. The molecule has 35 heavy (non-hydrogen) atoms. The van der Waals surface area contributed by atoms with E-state index >= 15 is 0 Å². The molecule has 1 heterocycles. The molecule has 0 saturated carbocycles. The zero-order valence-corrected chi connectivity index (χ0v) is 21.2. The Balaban J connectivity index is 1.62. The molecule has 0 fully saturated rings. The van der Waals surface area contributed by atoms with Crippen molar-refractivity contribution in [2.45, 2.75) is 18.4 Å². The second kappa shape index (κ2) is 10.2. The van der Waals surface area contributed by atoms with Gasteiger partial charge >= 0.3 is 0 Å². The van der Waals surface area contributed by atoms with Crippen molar-refractivity contribution in [3.63, 3.8) is 0 Å². The van der Waals surface area contributed by atoms with Gasteiger partial charge in [-0.2, -0.15) is 0 Å². The number of rotatable bonds is 7. The number of anilines is 1. The summed E-state index contributed by atoms with van der Waals surface area (Å²) in [7, 11) is -3.51. The van der Waals surface area contributed by atoms with E-state index in [1.807, 2.05) is 30.3 Å². The monoisotopic (exact) mass is 529 g/mol. The number of carbonyl (C=O) groups is 1. The van der Waals surface area contributed by atoms with Crippen LogP contribution in [-0.2, 0) is 16.4 Å². The maximum atomic E-state index is 15.0. The van der Waals surface area contributed by atoms with Crippen molar-refractivity contribution < 1.29 is 22.3 Å². The first-order chi connectivity index (χ1) is 16.6. The molecule has 180 valence electrons. The molecule has 0 aliphatic carbocycles. The Morgan fingerprint density at radius 1 is 1.06 bits per heavy atom. The Bertz CT molecular complexity index is 1500. The van der Waals surface area contributed by atoms with Gasteiger partial charge in [-0.1, -0.05) is 48.0 Å². The maximum Gasteiger partial charge on any atom is 0.265 e. The van der Waals surface area contributed by atoms with E-state index in [1.54, 1.807) is 25.1 Å². The molecule has 0 spiro atoms. The van der Waals surface area contributed by atoms with Crippen LogP contribution in [0.15, 0.2) is 77.7 Å². The van der Waals surface area contributed by atoms with Gasteiger partial charge in [-0.15, -0.1) is 11.3 Å². The normalized spacial score (nSPS) is 11.3. The largest absolute Gasteiger partial charge is 0.488 e. The van der Waals surface area contributed by atoms with Crippen LogP contribution in [0.5, 0.6) is 5.75 Å². The molecule has 0 radical (unpaired) electrons. The van der Waals surface area contributed by atoms with Crippen LogP contribution in [0.4, 0.5) is 10.1 Å². The number of ether oxygens (including phenoxy) is 1. The SMILES string of the molecule is Cc1sc(C(=O)Nc2cc(Cl)cc(S(C)(=O)=O)c2)cc1-c1c(F)cccc1OCc1ccccc1. The fraction of sp³-hybridized carbons (Fsp3) is 0.115. The smallest absolute Gasteiger partial charge is 0.265 e. The second-order valence-corrected chi connectivity index (χ2v) is 11.6. The third-order valence-electron chi connectivity index (χ3n) is 5.18. The first-order valence-electron chi connectivity index (χ1n) is 10.5. The summed E-state index contributed by atoms with van der Waals surface area (Å²) in [5.74, 6) is -0.556. The fourth-order valence-electron chi connectivity index (χ4n) is 3.51. The molecule has 1 N–H and O–H groups in total. The number of thiophene rings is 1. The van der Waals surface area contributed by atoms with Crippen LogP contribution in [-0.4, -0.2) is 20.6 Å². The lowest BCUT2D eigenvalue weighted by atomic mass is 10.0. The summed E-state index contributed by atoms with van der Waals surface area (Å²) in [6, 6.07) is 19.9. The first kappa shape index (κ1) is 24.9. The van der Waals surface area contributed by atoms with Gasteiger partial charge in [-0.3, -0.25) is 4.79 Å². The average Bonchev–Trinajstić information content (AvgIpc) is 3.18. The van der Waals surface area contributed by atoms with E-state index in [9.17, 15) is 17.6 Å². The molecule has 0 bridgehead atoms. The average molecular weight is 530 g/mol. The molecule has 3 aromatic carbocycles. The van der Waals surface area contributed by atoms with E-state index in [0.717, 1.165) is 16.7 Å². The topological polar surface area (TPSA) is 72.5 Å². The molecule has 0 saturated heterocycles. The van der Waals surface area contributed by atoms with Crippen molar-refractivity contribution in [3.05, 3.63) is 99.0 Å². The van der Waals surface area contributed by atoms with E-state index in [2.05, 4.69) is 5.32 Å². The lowest BCUT2D eigenvalue weighted by molar-refractivity contribution is 0.103. The number of hydrogen-bond donors (Lipinski definition) is 1. The Kier molecular flexibility index (Phi) is 7.25. The zero-order chi connectivity index (χ0) is 25.2. The Hall–Kier alpha value is -3.20. The molecule has 0 atom stereocenters. The van der Waals surface area contributed by atoms with Crippen molar-refractivity contribution >= 4 is 44.4 Å². The number of hydrogen-bond acceptors (Lipinski definition) is 5. The summed E-state index contributed by atoms with van der Waals surface area (Å²) in [6.45, 7) is 2.07. The van der Waals surface area contributed by atoms with Crippen LogP contribution in [0.1, 0.15) is 20.1 Å². The molecular formula is C26H21ClFNO4S2. The summed E-state index contributed by atoms with van der Waals surface area (Å²) < 4.78 is 44.7. The van der Waals surface area contributed by atoms with E-state index < -0.39 is 21.6 Å². The predicted molar refractivity (Wildman–Crippen MR) is 138 cm³/mol. The summed E-state index contributed by atoms with van der Waals surface area (Å²) in [5.41, 5.74) is 2.01. The van der Waals surface area contributed by atoms with Gasteiger partial charge in [0.15, 0.2) is 9.84 Å². The number of carbonyl (C=O) groups excluding carboxylic acids is 1. The Morgan fingerprint density at radius 3 is 2.51 bits per heavy atom. The zero-order valence-electron chi connectivity index (χ0n) is 18.8. The quantitative estimate of drug-likeness (QED) is 0.287. The molecule has 0 unspecified atom stereocenters. The van der Waals surface area contributed by atoms with Gasteiger partial charge in [0.2, 0.25) is 0 Å². The van der Waals surface area contributed by atoms with Crippen LogP contribution in [0.2, 0.25) is 5.02 Å². The third-order valence-corrected chi connectivity index (χ3v) is 7.54. The van der Waals surface area contributed by atoms with E-state index in [0.29, 0.717) is 16.2 Å². The lowest BCUT2D eigenvalue weighted by Gasteiger charge is -2.12. The molecule has 1 aromatic heterocycles. The maximum absolute atomic E-state index is 15.0. The number of aryl methyl sites for hydroxylation is 1. The minimum Gasteiger partial charge on any atom is -0.488 e. The van der Waals surface area contributed by atoms with Crippen LogP contribution in [0.3, 0.4) is 0 Å². The molecule has 9 heteroatoms. The second-order valence-electron chi connectivity index (χ2n) is 7.87. The van der Waals surface area contributed by atoms with Crippen molar-refractivity contribution in [3.8, 4) is 16.9 Å². The summed E-state index contributed by atoms with van der Waals surface area (Å²) in [6.07, 6.45) is 1.06. The standard InChI is InChI=1S/C26H21ClFNO4S2/c1-16-21(25-22(28)9-6-10-23(25)33-15-17-7-4-3-5-8-17)14-24(34-16)26(30)29-19-11-18(27)12-20(13-19)35(2,31)32/h3-14H,15H2,1-2H3,(H,29,30). The van der Waals surface area contributed by atoms with Crippen molar-refractivity contribution in [2.24, 2.45) is 0 Å². The van der Waals surface area contributed by atoms with Crippen LogP contribution >= 0.6 is 22.9 Å². The van der Waals surface area contributed by atoms with Gasteiger partial charge in [0.25, 0.3) is 5.91 Å². The van der Waals surface area contributed by atoms with Crippen LogP contribution in [0, 0.1) is 12.7 Å². The molecule has 0 aliphatic heterocycles. The molecular weight excluding hydrogens is 509 g/mol. The number of nitrogens with one attached hydrogen (secondary N) is 1. The minimum atomic E-state index is -3.51. The van der Waals surface area contributed by atoms with Crippen molar-refractivity contribution in [2.75, 3.05) is 11.6 Å². The highest BCUT2D eigenvalue weighted by atomic mass is 35.5. The molecule has 0 aliphatic rings. The van der Waals surface area contributed by atoms with Gasteiger partial charge in [0.05, 0.1) is 15.3 Å². The van der Waals surface area contributed by atoms with Gasteiger partial charge in [-0.25, -0.2) is 12.8 Å². The van der Waals surface area contributed by atoms with Gasteiger partial charge in [0.1, 0.15) is 18.2 Å².